The molecule has 0 spiro atoms. The van der Waals surface area contributed by atoms with Crippen LogP contribution in [0.5, 0.6) is 0 Å². The minimum absolute atomic E-state index is 0.0384. The molecule has 8 heteroatoms. The van der Waals surface area contributed by atoms with E-state index < -0.39 is 21.8 Å². The Morgan fingerprint density at radius 1 is 1.18 bits per heavy atom. The molecule has 0 aliphatic carbocycles. The molecular formula is C20H22ClFN2O3S. The molecule has 1 aliphatic heterocycles. The van der Waals surface area contributed by atoms with E-state index in [4.69, 9.17) is 11.6 Å². The van der Waals surface area contributed by atoms with Crippen molar-refractivity contribution in [1.29, 1.82) is 0 Å². The van der Waals surface area contributed by atoms with Gasteiger partial charge in [-0.15, -0.1) is 0 Å². The molecule has 1 unspecified atom stereocenters. The Bertz CT molecular complexity index is 933. The fourth-order valence-electron chi connectivity index (χ4n) is 3.37. The van der Waals surface area contributed by atoms with E-state index >= 15 is 0 Å². The third kappa shape index (κ3) is 4.71. The highest BCUT2D eigenvalue weighted by Gasteiger charge is 2.34. The topological polar surface area (TPSA) is 57.7 Å². The maximum Gasteiger partial charge on any atom is 0.243 e. The van der Waals surface area contributed by atoms with Crippen LogP contribution in [0.25, 0.3) is 0 Å². The SMILES string of the molecule is CN(Cc1ccc(Cl)cc1)C(=O)C1CCCN(S(=O)(=O)c2ccc(F)cc2)C1. The highest BCUT2D eigenvalue weighted by atomic mass is 35.5. The number of hydrogen-bond donors (Lipinski definition) is 0. The zero-order valence-electron chi connectivity index (χ0n) is 15.5. The summed E-state index contributed by atoms with van der Waals surface area (Å²) in [7, 11) is -2.04. The number of amides is 1. The lowest BCUT2D eigenvalue weighted by Crippen LogP contribution is -2.45. The number of nitrogens with zero attached hydrogens (tertiary/aromatic N) is 2. The average Bonchev–Trinajstić information content (AvgIpc) is 2.69. The summed E-state index contributed by atoms with van der Waals surface area (Å²) in [5, 5.41) is 0.631. The second-order valence-corrected chi connectivity index (χ2v) is 9.35. The predicted octanol–water partition coefficient (Wildman–Crippen LogP) is 3.54. The fourth-order valence-corrected chi connectivity index (χ4v) is 5.02. The third-order valence-corrected chi connectivity index (χ3v) is 7.03. The van der Waals surface area contributed by atoms with E-state index in [-0.39, 0.29) is 17.3 Å². The van der Waals surface area contributed by atoms with Crippen molar-refractivity contribution in [2.45, 2.75) is 24.3 Å². The zero-order valence-corrected chi connectivity index (χ0v) is 17.1. The molecule has 1 heterocycles. The van der Waals surface area contributed by atoms with Gasteiger partial charge in [0.15, 0.2) is 0 Å². The lowest BCUT2D eigenvalue weighted by atomic mass is 9.98. The van der Waals surface area contributed by atoms with Gasteiger partial charge in [-0.2, -0.15) is 4.31 Å². The largest absolute Gasteiger partial charge is 0.341 e. The first kappa shape index (κ1) is 20.8. The van der Waals surface area contributed by atoms with Crippen molar-refractivity contribution in [3.8, 4) is 0 Å². The molecule has 1 amide bonds. The van der Waals surface area contributed by atoms with Crippen molar-refractivity contribution < 1.29 is 17.6 Å². The average molecular weight is 425 g/mol. The summed E-state index contributed by atoms with van der Waals surface area (Å²) in [6.07, 6.45) is 1.24. The van der Waals surface area contributed by atoms with Crippen LogP contribution in [-0.4, -0.2) is 43.7 Å². The number of rotatable bonds is 5. The van der Waals surface area contributed by atoms with Crippen molar-refractivity contribution in [1.82, 2.24) is 9.21 Å². The number of sulfonamides is 1. The van der Waals surface area contributed by atoms with E-state index in [9.17, 15) is 17.6 Å². The monoisotopic (exact) mass is 424 g/mol. The minimum Gasteiger partial charge on any atom is -0.341 e. The molecule has 0 saturated carbocycles. The molecule has 1 atom stereocenters. The lowest BCUT2D eigenvalue weighted by Gasteiger charge is -2.33. The summed E-state index contributed by atoms with van der Waals surface area (Å²) in [5.41, 5.74) is 0.951. The summed E-state index contributed by atoms with van der Waals surface area (Å²) in [6.45, 7) is 0.908. The Morgan fingerprint density at radius 3 is 2.46 bits per heavy atom. The molecule has 3 rings (SSSR count). The number of carbonyl (C=O) groups is 1. The van der Waals surface area contributed by atoms with Gasteiger partial charge in [0, 0.05) is 31.7 Å². The highest BCUT2D eigenvalue weighted by Crippen LogP contribution is 2.25. The van der Waals surface area contributed by atoms with E-state index in [1.165, 1.54) is 16.4 Å². The molecule has 1 fully saturated rings. The number of benzene rings is 2. The van der Waals surface area contributed by atoms with Crippen LogP contribution in [0.15, 0.2) is 53.4 Å². The van der Waals surface area contributed by atoms with Crippen molar-refractivity contribution in [2.75, 3.05) is 20.1 Å². The number of halogens is 2. The van der Waals surface area contributed by atoms with Crippen LogP contribution in [-0.2, 0) is 21.4 Å². The molecule has 5 nitrogen and oxygen atoms in total. The first-order valence-corrected chi connectivity index (χ1v) is 10.8. The summed E-state index contributed by atoms with van der Waals surface area (Å²) in [6, 6.07) is 12.0. The van der Waals surface area contributed by atoms with Crippen LogP contribution < -0.4 is 0 Å². The van der Waals surface area contributed by atoms with Gasteiger partial charge < -0.3 is 4.90 Å². The summed E-state index contributed by atoms with van der Waals surface area (Å²) in [5.74, 6) is -0.982. The summed E-state index contributed by atoms with van der Waals surface area (Å²) < 4.78 is 40.1. The Labute approximate surface area is 169 Å². The summed E-state index contributed by atoms with van der Waals surface area (Å²) in [4.78, 5) is 14.5. The molecule has 0 aromatic heterocycles. The minimum atomic E-state index is -3.75. The quantitative estimate of drug-likeness (QED) is 0.737. The van der Waals surface area contributed by atoms with Crippen molar-refractivity contribution in [2.24, 2.45) is 5.92 Å². The van der Waals surface area contributed by atoms with E-state index in [0.29, 0.717) is 31.0 Å². The second-order valence-electron chi connectivity index (χ2n) is 6.98. The number of hydrogen-bond acceptors (Lipinski definition) is 3. The van der Waals surface area contributed by atoms with Gasteiger partial charge in [0.05, 0.1) is 10.8 Å². The van der Waals surface area contributed by atoms with Crippen LogP contribution in [0, 0.1) is 11.7 Å². The van der Waals surface area contributed by atoms with E-state index in [0.717, 1.165) is 17.7 Å². The lowest BCUT2D eigenvalue weighted by molar-refractivity contribution is -0.135. The van der Waals surface area contributed by atoms with E-state index in [1.807, 2.05) is 12.1 Å². The molecule has 28 heavy (non-hydrogen) atoms. The van der Waals surface area contributed by atoms with Crippen molar-refractivity contribution >= 4 is 27.5 Å². The first-order valence-electron chi connectivity index (χ1n) is 9.02. The molecule has 1 saturated heterocycles. The van der Waals surface area contributed by atoms with Gasteiger partial charge >= 0.3 is 0 Å². The third-order valence-electron chi connectivity index (χ3n) is 4.89. The van der Waals surface area contributed by atoms with Gasteiger partial charge in [0.2, 0.25) is 15.9 Å². The highest BCUT2D eigenvalue weighted by molar-refractivity contribution is 7.89. The smallest absolute Gasteiger partial charge is 0.243 e. The van der Waals surface area contributed by atoms with Crippen molar-refractivity contribution in [3.05, 3.63) is 64.9 Å². The molecule has 0 N–H and O–H groups in total. The predicted molar refractivity (Wildman–Crippen MR) is 106 cm³/mol. The second kappa shape index (κ2) is 8.59. The van der Waals surface area contributed by atoms with Gasteiger partial charge in [0.25, 0.3) is 0 Å². The van der Waals surface area contributed by atoms with Crippen LogP contribution in [0.2, 0.25) is 5.02 Å². The number of piperidine rings is 1. The first-order chi connectivity index (χ1) is 13.3. The fraction of sp³-hybridized carbons (Fsp3) is 0.350. The van der Waals surface area contributed by atoms with Crippen LogP contribution >= 0.6 is 11.6 Å². The number of carbonyl (C=O) groups excluding carboxylic acids is 1. The van der Waals surface area contributed by atoms with E-state index in [1.54, 1.807) is 24.1 Å². The Morgan fingerprint density at radius 2 is 1.82 bits per heavy atom. The molecular weight excluding hydrogens is 403 g/mol. The van der Waals surface area contributed by atoms with Crippen LogP contribution in [0.1, 0.15) is 18.4 Å². The van der Waals surface area contributed by atoms with Crippen LogP contribution in [0.3, 0.4) is 0 Å². The van der Waals surface area contributed by atoms with Gasteiger partial charge in [-0.1, -0.05) is 23.7 Å². The van der Waals surface area contributed by atoms with Gasteiger partial charge in [-0.05, 0) is 54.8 Å². The molecule has 0 radical (unpaired) electrons. The van der Waals surface area contributed by atoms with Gasteiger partial charge in [-0.25, -0.2) is 12.8 Å². The van der Waals surface area contributed by atoms with Crippen LogP contribution in [0.4, 0.5) is 4.39 Å². The molecule has 2 aromatic rings. The Kier molecular flexibility index (Phi) is 6.37. The molecule has 150 valence electrons. The maximum atomic E-state index is 13.1. The van der Waals surface area contributed by atoms with Gasteiger partial charge in [-0.3, -0.25) is 4.79 Å². The zero-order chi connectivity index (χ0) is 20.3. The van der Waals surface area contributed by atoms with Gasteiger partial charge in [0.1, 0.15) is 5.82 Å². The molecule has 0 bridgehead atoms. The maximum absolute atomic E-state index is 13.1. The molecule has 2 aromatic carbocycles. The summed E-state index contributed by atoms with van der Waals surface area (Å²) >= 11 is 5.89. The Hall–Kier alpha value is -1.96. The van der Waals surface area contributed by atoms with Crippen molar-refractivity contribution in [3.63, 3.8) is 0 Å². The Balaban J connectivity index is 1.68. The molecule has 1 aliphatic rings. The standard InChI is InChI=1S/C20H22ClFN2O3S/c1-23(13-15-4-6-17(21)7-5-15)20(25)16-3-2-12-24(14-16)28(26,27)19-10-8-18(22)9-11-19/h4-11,16H,2-3,12-14H2,1H3. The van der Waals surface area contributed by atoms with E-state index in [2.05, 4.69) is 0 Å². The normalized spacial score (nSPS) is 18.0.